The monoisotopic (exact) mass is 399 g/mol. The zero-order valence-electron chi connectivity index (χ0n) is 16.8. The minimum atomic E-state index is -0.381. The summed E-state index contributed by atoms with van der Waals surface area (Å²) in [7, 11) is 0. The molecule has 4 rings (SSSR count). The molecule has 30 heavy (non-hydrogen) atoms. The normalized spacial score (nSPS) is 15.1. The molecular weight excluding hydrogens is 378 g/mol. The van der Waals surface area contributed by atoms with E-state index in [0.29, 0.717) is 28.8 Å². The molecule has 1 heterocycles. The van der Waals surface area contributed by atoms with E-state index >= 15 is 0 Å². The van der Waals surface area contributed by atoms with Crippen molar-refractivity contribution in [2.24, 2.45) is 0 Å². The number of benzene rings is 3. The third kappa shape index (κ3) is 4.01. The fraction of sp³-hybridized carbons (Fsp3) is 0.160. The summed E-state index contributed by atoms with van der Waals surface area (Å²) in [5.41, 5.74) is 4.98. The Hall–Kier alpha value is -3.73. The van der Waals surface area contributed by atoms with Gasteiger partial charge in [-0.25, -0.2) is 4.79 Å². The van der Waals surface area contributed by atoms with Gasteiger partial charge in [-0.05, 0) is 67.4 Å². The summed E-state index contributed by atoms with van der Waals surface area (Å²) in [5, 5.41) is 2.83. The number of Topliss-reactive ketones (excluding diaryl/α,β-unsaturated/α-hetero) is 1. The maximum absolute atomic E-state index is 12.7. The Morgan fingerprint density at radius 3 is 2.27 bits per heavy atom. The number of carbonyl (C=O) groups excluding carboxylic acids is 3. The van der Waals surface area contributed by atoms with Gasteiger partial charge >= 0.3 is 5.97 Å². The van der Waals surface area contributed by atoms with Gasteiger partial charge in [0.15, 0.2) is 5.78 Å². The molecule has 1 aliphatic heterocycles. The van der Waals surface area contributed by atoms with Crippen LogP contribution in [0.5, 0.6) is 0 Å². The Bertz CT molecular complexity index is 1130. The summed E-state index contributed by atoms with van der Waals surface area (Å²) < 4.78 is 5.60. The lowest BCUT2D eigenvalue weighted by Gasteiger charge is -2.25. The van der Waals surface area contributed by atoms with Gasteiger partial charge in [0.05, 0.1) is 5.56 Å². The van der Waals surface area contributed by atoms with E-state index in [1.165, 1.54) is 6.92 Å². The molecule has 0 aliphatic carbocycles. The van der Waals surface area contributed by atoms with Crippen LogP contribution in [0.4, 0.5) is 5.69 Å². The van der Waals surface area contributed by atoms with Crippen LogP contribution in [-0.2, 0) is 11.2 Å². The third-order valence-corrected chi connectivity index (χ3v) is 5.24. The molecule has 1 amide bonds. The summed E-state index contributed by atoms with van der Waals surface area (Å²) in [6.45, 7) is 3.50. The molecule has 0 bridgehead atoms. The van der Waals surface area contributed by atoms with Gasteiger partial charge in [0.2, 0.25) is 0 Å². The Labute approximate surface area is 174 Å². The maximum Gasteiger partial charge on any atom is 0.339 e. The van der Waals surface area contributed by atoms with Gasteiger partial charge < -0.3 is 10.1 Å². The Morgan fingerprint density at radius 2 is 1.60 bits per heavy atom. The molecule has 5 heteroatoms. The first-order valence-electron chi connectivity index (χ1n) is 9.73. The van der Waals surface area contributed by atoms with E-state index in [1.807, 2.05) is 31.2 Å². The van der Waals surface area contributed by atoms with Crippen LogP contribution in [0.2, 0.25) is 0 Å². The molecule has 0 saturated heterocycles. The molecule has 5 nitrogen and oxygen atoms in total. The average Bonchev–Trinajstić information content (AvgIpc) is 2.74. The van der Waals surface area contributed by atoms with Crippen molar-refractivity contribution >= 4 is 23.3 Å². The number of nitrogens with one attached hydrogen (secondary N) is 1. The highest BCUT2D eigenvalue weighted by Crippen LogP contribution is 2.31. The van der Waals surface area contributed by atoms with Crippen LogP contribution in [-0.4, -0.2) is 17.7 Å². The van der Waals surface area contributed by atoms with E-state index in [4.69, 9.17) is 4.74 Å². The second-order valence-electron chi connectivity index (χ2n) is 7.47. The van der Waals surface area contributed by atoms with Gasteiger partial charge in [0, 0.05) is 23.2 Å². The molecule has 3 aromatic rings. The van der Waals surface area contributed by atoms with E-state index in [2.05, 4.69) is 5.32 Å². The fourth-order valence-electron chi connectivity index (χ4n) is 3.50. The largest absolute Gasteiger partial charge is 0.454 e. The lowest BCUT2D eigenvalue weighted by atomic mass is 9.92. The summed E-state index contributed by atoms with van der Waals surface area (Å²) in [6.07, 6.45) is 0.140. The van der Waals surface area contributed by atoms with Crippen LogP contribution in [0.25, 0.3) is 0 Å². The molecule has 1 N–H and O–H groups in total. The van der Waals surface area contributed by atoms with Gasteiger partial charge in [0.25, 0.3) is 5.91 Å². The highest BCUT2D eigenvalue weighted by molar-refractivity contribution is 6.05. The van der Waals surface area contributed by atoms with Crippen molar-refractivity contribution in [2.75, 3.05) is 5.32 Å². The summed E-state index contributed by atoms with van der Waals surface area (Å²) in [4.78, 5) is 36.5. The topological polar surface area (TPSA) is 72.5 Å². The van der Waals surface area contributed by atoms with E-state index in [1.54, 1.807) is 42.5 Å². The summed E-state index contributed by atoms with van der Waals surface area (Å²) in [6, 6.07) is 19.6. The zero-order valence-corrected chi connectivity index (χ0v) is 16.8. The average molecular weight is 399 g/mol. The minimum absolute atomic E-state index is 0.0300. The third-order valence-electron chi connectivity index (χ3n) is 5.24. The molecule has 0 saturated carbocycles. The number of rotatable bonds is 4. The van der Waals surface area contributed by atoms with Gasteiger partial charge in [-0.2, -0.15) is 0 Å². The Balaban J connectivity index is 1.54. The highest BCUT2D eigenvalue weighted by atomic mass is 16.5. The lowest BCUT2D eigenvalue weighted by molar-refractivity contribution is 0.0252. The zero-order chi connectivity index (χ0) is 21.3. The van der Waals surface area contributed by atoms with Crippen LogP contribution in [0.3, 0.4) is 0 Å². The van der Waals surface area contributed by atoms with Crippen LogP contribution in [0, 0.1) is 6.92 Å². The number of hydrogen-bond acceptors (Lipinski definition) is 4. The number of aryl methyl sites for hydroxylation is 1. The number of ketones is 1. The van der Waals surface area contributed by atoms with Crippen LogP contribution >= 0.6 is 0 Å². The van der Waals surface area contributed by atoms with Crippen LogP contribution in [0.1, 0.15) is 60.8 Å². The Morgan fingerprint density at radius 1 is 0.933 bits per heavy atom. The molecule has 0 aromatic heterocycles. The lowest BCUT2D eigenvalue weighted by Crippen LogP contribution is -2.23. The van der Waals surface area contributed by atoms with Crippen molar-refractivity contribution in [3.05, 3.63) is 100 Å². The fourth-order valence-corrected chi connectivity index (χ4v) is 3.50. The second-order valence-corrected chi connectivity index (χ2v) is 7.47. The number of hydrogen-bond donors (Lipinski definition) is 1. The van der Waals surface area contributed by atoms with Crippen LogP contribution in [0.15, 0.2) is 66.7 Å². The van der Waals surface area contributed by atoms with Gasteiger partial charge in [-0.1, -0.05) is 29.8 Å². The van der Waals surface area contributed by atoms with Crippen molar-refractivity contribution in [1.29, 1.82) is 0 Å². The molecule has 1 atom stereocenters. The van der Waals surface area contributed by atoms with E-state index in [0.717, 1.165) is 16.7 Å². The van der Waals surface area contributed by atoms with E-state index < -0.39 is 0 Å². The predicted molar refractivity (Wildman–Crippen MR) is 114 cm³/mol. The van der Waals surface area contributed by atoms with Gasteiger partial charge in [0.1, 0.15) is 6.10 Å². The number of cyclic esters (lactones) is 1. The molecule has 0 fully saturated rings. The molecule has 0 unspecified atom stereocenters. The smallest absolute Gasteiger partial charge is 0.339 e. The van der Waals surface area contributed by atoms with Crippen molar-refractivity contribution in [3.63, 3.8) is 0 Å². The summed E-state index contributed by atoms with van der Waals surface area (Å²) in [5.74, 6) is -0.689. The van der Waals surface area contributed by atoms with Gasteiger partial charge in [-0.3, -0.25) is 9.59 Å². The quantitative estimate of drug-likeness (QED) is 0.500. The first kappa shape index (κ1) is 19.6. The second kappa shape index (κ2) is 7.95. The van der Waals surface area contributed by atoms with Crippen molar-refractivity contribution < 1.29 is 19.1 Å². The summed E-state index contributed by atoms with van der Waals surface area (Å²) >= 11 is 0. The highest BCUT2D eigenvalue weighted by Gasteiger charge is 2.28. The van der Waals surface area contributed by atoms with Crippen molar-refractivity contribution in [1.82, 2.24) is 0 Å². The standard InChI is InChI=1S/C25H21NO4/c1-15-3-5-18(6-4-15)23-14-20-13-19(9-12-22(20)25(29)30-23)24(28)26-21-10-7-17(8-11-21)16(2)27/h3-13,23H,14H2,1-2H3,(H,26,28)/t23-/m1/s1. The molecule has 0 spiro atoms. The predicted octanol–water partition coefficient (Wildman–Crippen LogP) is 4.90. The van der Waals surface area contributed by atoms with Crippen LogP contribution < -0.4 is 5.32 Å². The number of fused-ring (bicyclic) bond motifs is 1. The van der Waals surface area contributed by atoms with E-state index in [9.17, 15) is 14.4 Å². The van der Waals surface area contributed by atoms with Gasteiger partial charge in [-0.15, -0.1) is 0 Å². The number of ether oxygens (including phenoxy) is 1. The number of anilines is 1. The molecule has 3 aromatic carbocycles. The number of amides is 1. The maximum atomic E-state index is 12.7. The Kier molecular flexibility index (Phi) is 5.19. The first-order valence-corrected chi connectivity index (χ1v) is 9.73. The first-order chi connectivity index (χ1) is 14.4. The molecular formula is C25H21NO4. The molecule has 150 valence electrons. The SMILES string of the molecule is CC(=O)c1ccc(NC(=O)c2ccc3c(c2)C[C@H](c2ccc(C)cc2)OC3=O)cc1. The minimum Gasteiger partial charge on any atom is -0.454 e. The number of carbonyl (C=O) groups is 3. The van der Waals surface area contributed by atoms with Crippen molar-refractivity contribution in [3.8, 4) is 0 Å². The molecule has 0 radical (unpaired) electrons. The van der Waals surface area contributed by atoms with E-state index in [-0.39, 0.29) is 23.8 Å². The van der Waals surface area contributed by atoms with Crippen molar-refractivity contribution in [2.45, 2.75) is 26.4 Å². The molecule has 1 aliphatic rings. The number of esters is 1.